The van der Waals surface area contributed by atoms with Gasteiger partial charge in [-0.25, -0.2) is 0 Å². The van der Waals surface area contributed by atoms with Gasteiger partial charge in [-0.1, -0.05) is 6.92 Å². The van der Waals surface area contributed by atoms with Gasteiger partial charge in [0.15, 0.2) is 0 Å². The molecule has 0 amide bonds. The van der Waals surface area contributed by atoms with Gasteiger partial charge in [0.25, 0.3) is 0 Å². The molecule has 0 spiro atoms. The molecule has 0 bridgehead atoms. The number of carboxylic acids is 3. The molecule has 0 aromatic carbocycles. The lowest BCUT2D eigenvalue weighted by Gasteiger charge is -2.11. The van der Waals surface area contributed by atoms with E-state index >= 15 is 0 Å². The van der Waals surface area contributed by atoms with E-state index in [0.29, 0.717) is 19.4 Å². The maximum Gasteiger partial charge on any atom is 0.323 e. The van der Waals surface area contributed by atoms with Gasteiger partial charge in [0.2, 0.25) is 0 Å². The number of hydrogen-bond donors (Lipinski definition) is 6. The summed E-state index contributed by atoms with van der Waals surface area (Å²) in [4.78, 5) is 29.6. The number of aliphatic carboxylic acids is 3. The molecule has 1 aliphatic heterocycles. The van der Waals surface area contributed by atoms with Crippen LogP contribution in [0, 0.1) is 0 Å². The molecule has 7 N–H and O–H groups in total. The summed E-state index contributed by atoms with van der Waals surface area (Å²) in [6.45, 7) is 2.26. The number of rotatable bonds is 5. The highest BCUT2D eigenvalue weighted by Gasteiger charge is 2.28. The molecule has 0 aromatic rings. The van der Waals surface area contributed by atoms with Crippen molar-refractivity contribution in [1.82, 2.24) is 10.4 Å². The molecule has 1 saturated heterocycles. The Labute approximate surface area is 128 Å². The van der Waals surface area contributed by atoms with E-state index in [0.717, 1.165) is 11.5 Å². The monoisotopic (exact) mass is 323 g/mol. The van der Waals surface area contributed by atoms with Gasteiger partial charge in [0.05, 0.1) is 6.54 Å². The van der Waals surface area contributed by atoms with E-state index in [9.17, 15) is 14.4 Å². The lowest BCUT2D eigenvalue weighted by atomic mass is 10.2. The number of carbonyl (C=O) groups is 3. The predicted molar refractivity (Wildman–Crippen MR) is 76.6 cm³/mol. The minimum atomic E-state index is -0.935. The fourth-order valence-corrected chi connectivity index (χ4v) is 1.33. The summed E-state index contributed by atoms with van der Waals surface area (Å²) < 4.78 is 0. The average Bonchev–Trinajstić information content (AvgIpc) is 2.85. The first kappa shape index (κ1) is 22.5. The molecule has 0 aromatic heterocycles. The quantitative estimate of drug-likeness (QED) is 0.369. The van der Waals surface area contributed by atoms with Crippen LogP contribution in [-0.4, -0.2) is 75.7 Å². The van der Waals surface area contributed by atoms with Crippen LogP contribution in [0.3, 0.4) is 0 Å². The molecule has 1 rings (SSSR count). The first-order valence-electron chi connectivity index (χ1n) is 6.70. The molecule has 10 heteroatoms. The van der Waals surface area contributed by atoms with E-state index < -0.39 is 30.0 Å². The zero-order valence-electron chi connectivity index (χ0n) is 12.7. The number of nitrogens with one attached hydrogen (secondary N) is 1. The van der Waals surface area contributed by atoms with E-state index in [-0.39, 0.29) is 6.54 Å². The molecule has 10 nitrogen and oxygen atoms in total. The summed E-state index contributed by atoms with van der Waals surface area (Å²) >= 11 is 0. The molecular formula is C12H25N3O7. The van der Waals surface area contributed by atoms with Crippen molar-refractivity contribution in [2.24, 2.45) is 5.73 Å². The third kappa shape index (κ3) is 12.0. The van der Waals surface area contributed by atoms with Crippen molar-refractivity contribution in [2.45, 2.75) is 38.3 Å². The Kier molecular flexibility index (Phi) is 13.3. The van der Waals surface area contributed by atoms with Crippen LogP contribution in [0.2, 0.25) is 0 Å². The summed E-state index contributed by atoms with van der Waals surface area (Å²) in [7, 11) is 1.59. The van der Waals surface area contributed by atoms with Crippen molar-refractivity contribution in [3.63, 3.8) is 0 Å². The lowest BCUT2D eigenvalue weighted by molar-refractivity contribution is -0.161. The summed E-state index contributed by atoms with van der Waals surface area (Å²) in [6, 6.07) is -1.34. The number of carboxylic acid groups (broad SMARTS) is 3. The second-order valence-corrected chi connectivity index (χ2v) is 4.44. The Hall–Kier alpha value is -1.75. The van der Waals surface area contributed by atoms with Crippen molar-refractivity contribution < 1.29 is 34.9 Å². The average molecular weight is 323 g/mol. The van der Waals surface area contributed by atoms with Gasteiger partial charge in [-0.2, -0.15) is 5.06 Å². The van der Waals surface area contributed by atoms with Gasteiger partial charge in [-0.3, -0.25) is 14.4 Å². The largest absolute Gasteiger partial charge is 0.480 e. The summed E-state index contributed by atoms with van der Waals surface area (Å²) in [5.74, 6) is -2.69. The molecule has 1 aliphatic rings. The zero-order valence-corrected chi connectivity index (χ0v) is 12.7. The lowest BCUT2D eigenvalue weighted by Crippen LogP contribution is -2.32. The van der Waals surface area contributed by atoms with Crippen molar-refractivity contribution in [2.75, 3.05) is 20.1 Å². The van der Waals surface area contributed by atoms with E-state index in [1.807, 2.05) is 0 Å². The van der Waals surface area contributed by atoms with Crippen LogP contribution in [0.25, 0.3) is 0 Å². The molecule has 1 unspecified atom stereocenters. The Morgan fingerprint density at radius 1 is 1.32 bits per heavy atom. The van der Waals surface area contributed by atoms with E-state index in [1.54, 1.807) is 14.0 Å². The third-order valence-corrected chi connectivity index (χ3v) is 2.59. The molecule has 130 valence electrons. The molecule has 1 heterocycles. The van der Waals surface area contributed by atoms with E-state index in [4.69, 9.17) is 26.3 Å². The van der Waals surface area contributed by atoms with E-state index in [1.165, 1.54) is 0 Å². The van der Waals surface area contributed by atoms with Crippen molar-refractivity contribution in [3.8, 4) is 0 Å². The highest BCUT2D eigenvalue weighted by molar-refractivity contribution is 5.73. The minimum Gasteiger partial charge on any atom is -0.480 e. The van der Waals surface area contributed by atoms with Crippen LogP contribution >= 0.6 is 0 Å². The van der Waals surface area contributed by atoms with Crippen LogP contribution in [0.4, 0.5) is 0 Å². The zero-order chi connectivity index (χ0) is 17.7. The normalized spacial score (nSPS) is 18.3. The van der Waals surface area contributed by atoms with Crippen LogP contribution in [0.1, 0.15) is 26.2 Å². The Bertz CT molecular complexity index is 352. The smallest absolute Gasteiger partial charge is 0.323 e. The molecular weight excluding hydrogens is 298 g/mol. The molecule has 0 radical (unpaired) electrons. The molecule has 0 aliphatic carbocycles. The first-order chi connectivity index (χ1) is 10.2. The first-order valence-corrected chi connectivity index (χ1v) is 6.70. The van der Waals surface area contributed by atoms with Crippen LogP contribution in [0.5, 0.6) is 0 Å². The van der Waals surface area contributed by atoms with Crippen molar-refractivity contribution in [3.05, 3.63) is 0 Å². The number of hydroxylamine groups is 2. The maximum absolute atomic E-state index is 10.2. The Morgan fingerprint density at radius 3 is 1.95 bits per heavy atom. The fourth-order valence-electron chi connectivity index (χ4n) is 1.33. The van der Waals surface area contributed by atoms with Gasteiger partial charge in [-0.15, -0.1) is 0 Å². The van der Waals surface area contributed by atoms with Gasteiger partial charge in [0.1, 0.15) is 12.1 Å². The van der Waals surface area contributed by atoms with Gasteiger partial charge >= 0.3 is 17.9 Å². The van der Waals surface area contributed by atoms with Gasteiger partial charge in [0, 0.05) is 6.54 Å². The van der Waals surface area contributed by atoms with Crippen LogP contribution < -0.4 is 11.1 Å². The van der Waals surface area contributed by atoms with Crippen molar-refractivity contribution in [1.29, 1.82) is 0 Å². The number of likely N-dealkylation sites (N-methyl/N-ethyl adjacent to an activating group) is 1. The van der Waals surface area contributed by atoms with Gasteiger partial charge < -0.3 is 31.6 Å². The standard InChI is InChI=1S/C5H9NO3.C4H9NO2.C3H7NO2/c7-5(8)4-2-1-3-6(4)9;1-2-3(5)4(6)7;1-4-2-3(5)6/h4,9H,1-3H2,(H,7,8);3H,2,5H2,1H3,(H,6,7);4H,2H2,1H3,(H,5,6)/t4-;;/m0../s1. The minimum absolute atomic E-state index is 0.0417. The summed E-state index contributed by atoms with van der Waals surface area (Å²) in [5, 5.41) is 36.4. The molecule has 1 fully saturated rings. The van der Waals surface area contributed by atoms with E-state index in [2.05, 4.69) is 5.32 Å². The SMILES string of the molecule is CCC(N)C(=O)O.CNCC(=O)O.O=C(O)[C@@H]1CCCN1O. The Balaban J connectivity index is 0. The molecule has 2 atom stereocenters. The van der Waals surface area contributed by atoms with Crippen molar-refractivity contribution >= 4 is 17.9 Å². The summed E-state index contributed by atoms with van der Waals surface area (Å²) in [5.41, 5.74) is 5.02. The Morgan fingerprint density at radius 2 is 1.86 bits per heavy atom. The highest BCUT2D eigenvalue weighted by atomic mass is 16.5. The maximum atomic E-state index is 10.2. The van der Waals surface area contributed by atoms with Gasteiger partial charge in [-0.05, 0) is 26.3 Å². The predicted octanol–water partition coefficient (Wildman–Crippen LogP) is -0.977. The third-order valence-electron chi connectivity index (χ3n) is 2.59. The highest BCUT2D eigenvalue weighted by Crippen LogP contribution is 2.13. The van der Waals surface area contributed by atoms with Crippen LogP contribution in [-0.2, 0) is 14.4 Å². The number of hydrogen-bond acceptors (Lipinski definition) is 7. The summed E-state index contributed by atoms with van der Waals surface area (Å²) in [6.07, 6.45) is 1.83. The molecule has 0 saturated carbocycles. The topological polar surface area (TPSA) is 173 Å². The number of nitrogens with zero attached hydrogens (tertiary/aromatic N) is 1. The second-order valence-electron chi connectivity index (χ2n) is 4.44. The second kappa shape index (κ2) is 13.0. The molecule has 22 heavy (non-hydrogen) atoms. The number of nitrogens with two attached hydrogens (primary N) is 1. The van der Waals surface area contributed by atoms with Crippen LogP contribution in [0.15, 0.2) is 0 Å². The fraction of sp³-hybridized carbons (Fsp3) is 0.750.